The van der Waals surface area contributed by atoms with E-state index < -0.39 is 10.1 Å². The molecule has 0 fully saturated rings. The molecule has 0 amide bonds. The molecule has 0 aliphatic carbocycles. The number of hydrogen-bond acceptors (Lipinski definition) is 3. The highest BCUT2D eigenvalue weighted by Crippen LogP contribution is 2.16. The van der Waals surface area contributed by atoms with Gasteiger partial charge in [0.15, 0.2) is 0 Å². The minimum atomic E-state index is -3.68. The van der Waals surface area contributed by atoms with Gasteiger partial charge in [0.2, 0.25) is 0 Å². The van der Waals surface area contributed by atoms with Gasteiger partial charge in [0.1, 0.15) is 0 Å². The molecule has 124 valence electrons. The summed E-state index contributed by atoms with van der Waals surface area (Å²) in [5.41, 5.74) is 1.86. The molecule has 0 saturated carbocycles. The van der Waals surface area contributed by atoms with Crippen LogP contribution < -0.4 is 0 Å². The standard InChI is InChI=1S/C18H28O3S/c1-4-5-6-7-8-9-10-17(3)15-21-22(19,20)18-13-11-16(2)12-14-18/h11-14H,3-10,15H2,1-2H3. The molecule has 1 aromatic rings. The van der Waals surface area contributed by atoms with Crippen LogP contribution in [0, 0.1) is 6.92 Å². The van der Waals surface area contributed by atoms with E-state index in [9.17, 15) is 8.42 Å². The minimum Gasteiger partial charge on any atom is -0.262 e. The molecule has 0 saturated heterocycles. The predicted octanol–water partition coefficient (Wildman–Crippen LogP) is 5.01. The third-order valence-corrected chi connectivity index (χ3v) is 4.89. The fourth-order valence-electron chi connectivity index (χ4n) is 2.16. The van der Waals surface area contributed by atoms with Crippen LogP contribution in [0.15, 0.2) is 41.3 Å². The lowest BCUT2D eigenvalue weighted by atomic mass is 10.1. The molecule has 0 spiro atoms. The van der Waals surface area contributed by atoms with Crippen molar-refractivity contribution in [2.24, 2.45) is 0 Å². The molecule has 0 atom stereocenters. The van der Waals surface area contributed by atoms with Crippen molar-refractivity contribution in [1.29, 1.82) is 0 Å². The van der Waals surface area contributed by atoms with E-state index in [1.54, 1.807) is 24.3 Å². The van der Waals surface area contributed by atoms with Crippen molar-refractivity contribution in [2.75, 3.05) is 6.61 Å². The summed E-state index contributed by atoms with van der Waals surface area (Å²) in [4.78, 5) is 0.200. The molecule has 0 aliphatic rings. The van der Waals surface area contributed by atoms with Crippen LogP contribution in [0.2, 0.25) is 0 Å². The lowest BCUT2D eigenvalue weighted by Gasteiger charge is -2.08. The number of unbranched alkanes of at least 4 members (excludes halogenated alkanes) is 5. The van der Waals surface area contributed by atoms with E-state index in [0.717, 1.165) is 24.0 Å². The van der Waals surface area contributed by atoms with Crippen LogP contribution in [0.1, 0.15) is 57.4 Å². The zero-order chi connectivity index (χ0) is 16.4. The van der Waals surface area contributed by atoms with Gasteiger partial charge >= 0.3 is 0 Å². The zero-order valence-corrected chi connectivity index (χ0v) is 14.6. The van der Waals surface area contributed by atoms with Gasteiger partial charge < -0.3 is 0 Å². The Morgan fingerprint density at radius 2 is 1.64 bits per heavy atom. The second-order valence-corrected chi connectivity index (χ2v) is 7.41. The molecule has 3 nitrogen and oxygen atoms in total. The van der Waals surface area contributed by atoms with Crippen molar-refractivity contribution in [3.63, 3.8) is 0 Å². The van der Waals surface area contributed by atoms with Gasteiger partial charge in [-0.15, -0.1) is 0 Å². The predicted molar refractivity (Wildman–Crippen MR) is 91.4 cm³/mol. The van der Waals surface area contributed by atoms with Crippen LogP contribution in [-0.4, -0.2) is 15.0 Å². The van der Waals surface area contributed by atoms with E-state index in [4.69, 9.17) is 4.18 Å². The Labute approximate surface area is 135 Å². The van der Waals surface area contributed by atoms with Crippen molar-refractivity contribution in [3.05, 3.63) is 42.0 Å². The fraction of sp³-hybridized carbons (Fsp3) is 0.556. The van der Waals surface area contributed by atoms with Gasteiger partial charge in [0.05, 0.1) is 11.5 Å². The summed E-state index contributed by atoms with van der Waals surface area (Å²) < 4.78 is 29.2. The van der Waals surface area contributed by atoms with Gasteiger partial charge in [-0.2, -0.15) is 8.42 Å². The van der Waals surface area contributed by atoms with Crippen LogP contribution >= 0.6 is 0 Å². The van der Waals surface area contributed by atoms with Gasteiger partial charge in [-0.05, 0) is 31.9 Å². The first-order chi connectivity index (χ1) is 10.5. The SMILES string of the molecule is C=C(CCCCCCCC)COS(=O)(=O)c1ccc(C)cc1. The smallest absolute Gasteiger partial charge is 0.262 e. The summed E-state index contributed by atoms with van der Waals surface area (Å²) >= 11 is 0. The lowest BCUT2D eigenvalue weighted by molar-refractivity contribution is 0.343. The molecule has 22 heavy (non-hydrogen) atoms. The number of rotatable bonds is 11. The van der Waals surface area contributed by atoms with Gasteiger partial charge in [0.25, 0.3) is 10.1 Å². The largest absolute Gasteiger partial charge is 0.297 e. The van der Waals surface area contributed by atoms with E-state index in [0.29, 0.717) is 0 Å². The van der Waals surface area contributed by atoms with E-state index in [2.05, 4.69) is 13.5 Å². The Morgan fingerprint density at radius 1 is 1.05 bits per heavy atom. The normalized spacial score (nSPS) is 11.5. The highest BCUT2D eigenvalue weighted by molar-refractivity contribution is 7.86. The molecule has 0 aliphatic heterocycles. The van der Waals surface area contributed by atoms with Crippen LogP contribution in [0.3, 0.4) is 0 Å². The first kappa shape index (κ1) is 18.9. The number of aryl methyl sites for hydroxylation is 1. The van der Waals surface area contributed by atoms with Crippen molar-refractivity contribution in [2.45, 2.75) is 63.7 Å². The summed E-state index contributed by atoms with van der Waals surface area (Å²) in [5, 5.41) is 0. The Balaban J connectivity index is 2.29. The molecular weight excluding hydrogens is 296 g/mol. The van der Waals surface area contributed by atoms with Crippen molar-refractivity contribution >= 4 is 10.1 Å². The molecule has 0 aromatic heterocycles. The summed E-state index contributed by atoms with van der Waals surface area (Å²) in [5.74, 6) is 0. The summed E-state index contributed by atoms with van der Waals surface area (Å²) in [6.07, 6.45) is 8.11. The average molecular weight is 324 g/mol. The van der Waals surface area contributed by atoms with E-state index in [1.807, 2.05) is 6.92 Å². The molecule has 0 unspecified atom stereocenters. The topological polar surface area (TPSA) is 43.4 Å². The van der Waals surface area contributed by atoms with Crippen LogP contribution in [0.5, 0.6) is 0 Å². The maximum Gasteiger partial charge on any atom is 0.297 e. The molecule has 1 aromatic carbocycles. The Hall–Kier alpha value is -1.13. The lowest BCUT2D eigenvalue weighted by Crippen LogP contribution is -2.09. The van der Waals surface area contributed by atoms with Gasteiger partial charge in [0, 0.05) is 0 Å². The maximum absolute atomic E-state index is 12.0. The molecule has 0 bridgehead atoms. The molecule has 0 N–H and O–H groups in total. The highest BCUT2D eigenvalue weighted by atomic mass is 32.2. The molecule has 1 rings (SSSR count). The molecule has 4 heteroatoms. The second kappa shape index (κ2) is 9.80. The van der Waals surface area contributed by atoms with Crippen LogP contribution in [0.4, 0.5) is 0 Å². The molecular formula is C18H28O3S. The Bertz CT molecular complexity index is 544. The fourth-order valence-corrected chi connectivity index (χ4v) is 3.09. The van der Waals surface area contributed by atoms with Crippen molar-refractivity contribution < 1.29 is 12.6 Å². The molecule has 0 heterocycles. The minimum absolute atomic E-state index is 0.0746. The second-order valence-electron chi connectivity index (χ2n) is 5.80. The van der Waals surface area contributed by atoms with E-state index >= 15 is 0 Å². The number of benzene rings is 1. The highest BCUT2D eigenvalue weighted by Gasteiger charge is 2.15. The van der Waals surface area contributed by atoms with Gasteiger partial charge in [-0.3, -0.25) is 4.18 Å². The average Bonchev–Trinajstić information content (AvgIpc) is 2.49. The molecule has 0 radical (unpaired) electrons. The summed E-state index contributed by atoms with van der Waals surface area (Å²) in [7, 11) is -3.68. The summed E-state index contributed by atoms with van der Waals surface area (Å²) in [6, 6.07) is 6.67. The van der Waals surface area contributed by atoms with Crippen molar-refractivity contribution in [3.8, 4) is 0 Å². The summed E-state index contributed by atoms with van der Waals surface area (Å²) in [6.45, 7) is 8.10. The zero-order valence-electron chi connectivity index (χ0n) is 13.8. The van der Waals surface area contributed by atoms with Crippen LogP contribution in [0.25, 0.3) is 0 Å². The third kappa shape index (κ3) is 7.23. The maximum atomic E-state index is 12.0. The van der Waals surface area contributed by atoms with Crippen LogP contribution in [-0.2, 0) is 14.3 Å². The number of hydrogen-bond donors (Lipinski definition) is 0. The Morgan fingerprint density at radius 3 is 2.27 bits per heavy atom. The van der Waals surface area contributed by atoms with Crippen molar-refractivity contribution in [1.82, 2.24) is 0 Å². The third-order valence-electron chi connectivity index (χ3n) is 3.61. The Kier molecular flexibility index (Phi) is 8.43. The van der Waals surface area contributed by atoms with Gasteiger partial charge in [-0.1, -0.05) is 68.9 Å². The monoisotopic (exact) mass is 324 g/mol. The van der Waals surface area contributed by atoms with Gasteiger partial charge in [-0.25, -0.2) is 0 Å². The first-order valence-corrected chi connectivity index (χ1v) is 9.49. The van der Waals surface area contributed by atoms with E-state index in [-0.39, 0.29) is 11.5 Å². The van der Waals surface area contributed by atoms with E-state index in [1.165, 1.54) is 32.1 Å². The first-order valence-electron chi connectivity index (χ1n) is 8.08. The quantitative estimate of drug-likeness (QED) is 0.326.